The van der Waals surface area contributed by atoms with Crippen LogP contribution in [0.3, 0.4) is 0 Å². The number of aromatic nitrogens is 2. The number of hydrogen-bond acceptors (Lipinski definition) is 6. The molecule has 0 spiro atoms. The molecule has 2 heterocycles. The van der Waals surface area contributed by atoms with Gasteiger partial charge in [-0.3, -0.25) is 4.79 Å². The highest BCUT2D eigenvalue weighted by Crippen LogP contribution is 2.13. The quantitative estimate of drug-likeness (QED) is 0.824. The molecule has 2 rings (SSSR count). The molecular weight excluding hydrogens is 304 g/mol. The van der Waals surface area contributed by atoms with Gasteiger partial charge in [-0.25, -0.2) is 18.4 Å². The molecule has 1 fully saturated rings. The Bertz CT molecular complexity index is 633. The van der Waals surface area contributed by atoms with Crippen molar-refractivity contribution in [1.29, 1.82) is 0 Å². The van der Waals surface area contributed by atoms with Crippen LogP contribution in [0.4, 0.5) is 5.82 Å². The van der Waals surface area contributed by atoms with Crippen LogP contribution in [0.2, 0.25) is 0 Å². The van der Waals surface area contributed by atoms with E-state index in [4.69, 9.17) is 0 Å². The SMILES string of the molecule is CCCCN(C)c1cc(C(=O)NC2CCS(=O)(=O)C2)ncn1. The third-order valence-electron chi connectivity index (χ3n) is 3.69. The largest absolute Gasteiger partial charge is 0.360 e. The van der Waals surface area contributed by atoms with Gasteiger partial charge in [0.2, 0.25) is 0 Å². The first-order valence-electron chi connectivity index (χ1n) is 7.46. The van der Waals surface area contributed by atoms with Crippen molar-refractivity contribution in [3.63, 3.8) is 0 Å². The summed E-state index contributed by atoms with van der Waals surface area (Å²) in [4.78, 5) is 22.3. The molecule has 1 saturated heterocycles. The van der Waals surface area contributed by atoms with Crippen LogP contribution in [0.5, 0.6) is 0 Å². The summed E-state index contributed by atoms with van der Waals surface area (Å²) in [6, 6.07) is 1.31. The summed E-state index contributed by atoms with van der Waals surface area (Å²) in [6.07, 6.45) is 3.95. The molecule has 1 amide bonds. The van der Waals surface area contributed by atoms with Crippen LogP contribution >= 0.6 is 0 Å². The van der Waals surface area contributed by atoms with Gasteiger partial charge in [-0.2, -0.15) is 0 Å². The summed E-state index contributed by atoms with van der Waals surface area (Å²) in [5, 5.41) is 2.73. The highest BCUT2D eigenvalue weighted by Gasteiger charge is 2.29. The highest BCUT2D eigenvalue weighted by molar-refractivity contribution is 7.91. The van der Waals surface area contributed by atoms with E-state index in [-0.39, 0.29) is 29.1 Å². The Morgan fingerprint density at radius 3 is 2.86 bits per heavy atom. The van der Waals surface area contributed by atoms with Crippen LogP contribution in [0, 0.1) is 0 Å². The lowest BCUT2D eigenvalue weighted by Gasteiger charge is -2.18. The standard InChI is InChI=1S/C14H22N4O3S/c1-3-4-6-18(2)13-8-12(15-10-16-13)14(19)17-11-5-7-22(20,21)9-11/h8,10-11H,3-7,9H2,1-2H3,(H,17,19). The van der Waals surface area contributed by atoms with Crippen LogP contribution < -0.4 is 10.2 Å². The molecule has 22 heavy (non-hydrogen) atoms. The molecular formula is C14H22N4O3S. The number of carbonyl (C=O) groups is 1. The highest BCUT2D eigenvalue weighted by atomic mass is 32.2. The molecule has 1 N–H and O–H groups in total. The van der Waals surface area contributed by atoms with Crippen molar-refractivity contribution < 1.29 is 13.2 Å². The maximum absolute atomic E-state index is 12.2. The number of rotatable bonds is 6. The Kier molecular flexibility index (Phi) is 5.33. The van der Waals surface area contributed by atoms with Gasteiger partial charge in [-0.1, -0.05) is 13.3 Å². The number of sulfone groups is 1. The zero-order chi connectivity index (χ0) is 16.2. The van der Waals surface area contributed by atoms with Gasteiger partial charge in [0.25, 0.3) is 5.91 Å². The molecule has 1 unspecified atom stereocenters. The van der Waals surface area contributed by atoms with Gasteiger partial charge in [0.15, 0.2) is 9.84 Å². The second-order valence-corrected chi connectivity index (χ2v) is 7.84. The zero-order valence-corrected chi connectivity index (χ0v) is 13.8. The minimum atomic E-state index is -3.01. The summed E-state index contributed by atoms with van der Waals surface area (Å²) < 4.78 is 22.8. The first-order valence-corrected chi connectivity index (χ1v) is 9.28. The lowest BCUT2D eigenvalue weighted by Crippen LogP contribution is -2.36. The molecule has 0 aromatic carbocycles. The van der Waals surface area contributed by atoms with Gasteiger partial charge in [0, 0.05) is 25.7 Å². The minimum absolute atomic E-state index is 0.00703. The molecule has 0 saturated carbocycles. The first kappa shape index (κ1) is 16.7. The zero-order valence-electron chi connectivity index (χ0n) is 12.9. The first-order chi connectivity index (χ1) is 10.4. The third kappa shape index (κ3) is 4.40. The number of unbranched alkanes of at least 4 members (excludes halogenated alkanes) is 1. The van der Waals surface area contributed by atoms with Crippen molar-refractivity contribution in [3.8, 4) is 0 Å². The van der Waals surface area contributed by atoms with Gasteiger partial charge in [0.05, 0.1) is 11.5 Å². The molecule has 0 aliphatic carbocycles. The predicted molar refractivity (Wildman–Crippen MR) is 84.7 cm³/mol. The van der Waals surface area contributed by atoms with E-state index in [9.17, 15) is 13.2 Å². The summed E-state index contributed by atoms with van der Waals surface area (Å²) in [7, 11) is -1.09. The molecule has 8 heteroatoms. The van der Waals surface area contributed by atoms with E-state index in [2.05, 4.69) is 22.2 Å². The Morgan fingerprint density at radius 2 is 2.23 bits per heavy atom. The number of carbonyl (C=O) groups excluding carboxylic acids is 1. The molecule has 0 radical (unpaired) electrons. The van der Waals surface area contributed by atoms with Crippen LogP contribution in [0.15, 0.2) is 12.4 Å². The third-order valence-corrected chi connectivity index (χ3v) is 5.46. The van der Waals surface area contributed by atoms with Crippen LogP contribution in [-0.4, -0.2) is 55.4 Å². The van der Waals surface area contributed by atoms with Gasteiger partial charge in [0.1, 0.15) is 17.8 Å². The van der Waals surface area contributed by atoms with Gasteiger partial charge in [-0.15, -0.1) is 0 Å². The van der Waals surface area contributed by atoms with Crippen molar-refractivity contribution in [2.75, 3.05) is 30.0 Å². The molecule has 1 atom stereocenters. The molecule has 122 valence electrons. The van der Waals surface area contributed by atoms with Crippen LogP contribution in [-0.2, 0) is 9.84 Å². The van der Waals surface area contributed by atoms with Crippen molar-refractivity contribution in [3.05, 3.63) is 18.1 Å². The topological polar surface area (TPSA) is 92.3 Å². The molecule has 1 aromatic heterocycles. The Labute approximate surface area is 131 Å². The number of anilines is 1. The fourth-order valence-corrected chi connectivity index (χ4v) is 4.03. The Hall–Kier alpha value is -1.70. The average molecular weight is 326 g/mol. The number of hydrogen-bond donors (Lipinski definition) is 1. The fraction of sp³-hybridized carbons (Fsp3) is 0.643. The molecule has 1 aliphatic heterocycles. The fourth-order valence-electron chi connectivity index (χ4n) is 2.36. The second-order valence-electron chi connectivity index (χ2n) is 5.61. The lowest BCUT2D eigenvalue weighted by atomic mass is 10.2. The number of amides is 1. The van der Waals surface area contributed by atoms with Crippen molar-refractivity contribution in [2.24, 2.45) is 0 Å². The maximum atomic E-state index is 12.2. The Morgan fingerprint density at radius 1 is 1.45 bits per heavy atom. The van der Waals surface area contributed by atoms with Crippen molar-refractivity contribution >= 4 is 21.6 Å². The molecule has 7 nitrogen and oxygen atoms in total. The summed E-state index contributed by atoms with van der Waals surface area (Å²) >= 11 is 0. The predicted octanol–water partition coefficient (Wildman–Crippen LogP) is 0.630. The van der Waals surface area contributed by atoms with E-state index in [0.717, 1.165) is 19.4 Å². The smallest absolute Gasteiger partial charge is 0.270 e. The normalized spacial score (nSPS) is 19.8. The van der Waals surface area contributed by atoms with E-state index in [0.29, 0.717) is 12.2 Å². The van der Waals surface area contributed by atoms with E-state index in [1.807, 2.05) is 11.9 Å². The van der Waals surface area contributed by atoms with Gasteiger partial charge < -0.3 is 10.2 Å². The van der Waals surface area contributed by atoms with Crippen molar-refractivity contribution in [1.82, 2.24) is 15.3 Å². The number of nitrogens with one attached hydrogen (secondary N) is 1. The monoisotopic (exact) mass is 326 g/mol. The van der Waals surface area contributed by atoms with E-state index in [1.165, 1.54) is 6.33 Å². The summed E-state index contributed by atoms with van der Waals surface area (Å²) in [5.41, 5.74) is 0.262. The van der Waals surface area contributed by atoms with Gasteiger partial charge >= 0.3 is 0 Å². The summed E-state index contributed by atoms with van der Waals surface area (Å²) in [5.74, 6) is 0.474. The van der Waals surface area contributed by atoms with Crippen LogP contribution in [0.1, 0.15) is 36.7 Å². The average Bonchev–Trinajstić information content (AvgIpc) is 2.83. The maximum Gasteiger partial charge on any atom is 0.270 e. The van der Waals surface area contributed by atoms with Crippen molar-refractivity contribution in [2.45, 2.75) is 32.2 Å². The van der Waals surface area contributed by atoms with Gasteiger partial charge in [-0.05, 0) is 12.8 Å². The molecule has 1 aromatic rings. The number of nitrogens with zero attached hydrogens (tertiary/aromatic N) is 3. The molecule has 0 bridgehead atoms. The second kappa shape index (κ2) is 7.04. The summed E-state index contributed by atoms with van der Waals surface area (Å²) in [6.45, 7) is 2.97. The minimum Gasteiger partial charge on any atom is -0.360 e. The Balaban J connectivity index is 2.01. The van der Waals surface area contributed by atoms with Crippen LogP contribution in [0.25, 0.3) is 0 Å². The van der Waals surface area contributed by atoms with E-state index < -0.39 is 9.84 Å². The molecule has 1 aliphatic rings. The van der Waals surface area contributed by atoms with E-state index in [1.54, 1.807) is 6.07 Å². The van der Waals surface area contributed by atoms with E-state index >= 15 is 0 Å². The lowest BCUT2D eigenvalue weighted by molar-refractivity contribution is 0.0936.